The average Bonchev–Trinajstić information content (AvgIpc) is 2.21. The molecule has 0 spiro atoms. The highest BCUT2D eigenvalue weighted by molar-refractivity contribution is 5.76. The van der Waals surface area contributed by atoms with Crippen LogP contribution in [-0.4, -0.2) is 11.0 Å². The molecule has 0 fully saturated rings. The van der Waals surface area contributed by atoms with E-state index in [0.29, 0.717) is 17.5 Å². The molecule has 0 unspecified atom stereocenters. The van der Waals surface area contributed by atoms with E-state index in [1.165, 1.54) is 0 Å². The van der Waals surface area contributed by atoms with Crippen LogP contribution in [0.5, 0.6) is 0 Å². The van der Waals surface area contributed by atoms with E-state index in [4.69, 9.17) is 11.5 Å². The molecule has 0 atom stereocenters. The first kappa shape index (κ1) is 11.6. The number of aryl methyl sites for hydroxylation is 1. The molecule has 0 bridgehead atoms. The molecule has 1 rings (SSSR count). The molecule has 0 aliphatic heterocycles. The molecule has 84 valence electrons. The number of nitrogens with two attached hydrogens (primary N) is 2. The Hall–Kier alpha value is -1.45. The number of hydrogen-bond donors (Lipinski definition) is 3. The largest absolute Gasteiger partial charge is 0.394 e. The Bertz CT molecular complexity index is 332. The molecule has 0 saturated heterocycles. The molecule has 0 saturated carbocycles. The van der Waals surface area contributed by atoms with Crippen molar-refractivity contribution < 1.29 is 0 Å². The van der Waals surface area contributed by atoms with Crippen LogP contribution in [0.25, 0.3) is 0 Å². The zero-order valence-electron chi connectivity index (χ0n) is 9.67. The Labute approximate surface area is 91.1 Å². The number of anilines is 3. The Morgan fingerprint density at radius 2 is 1.93 bits per heavy atom. The van der Waals surface area contributed by atoms with Gasteiger partial charge in [-0.05, 0) is 25.8 Å². The summed E-state index contributed by atoms with van der Waals surface area (Å²) in [6.45, 7) is 6.21. The van der Waals surface area contributed by atoms with E-state index >= 15 is 0 Å². The van der Waals surface area contributed by atoms with Gasteiger partial charge in [0.1, 0.15) is 5.82 Å². The van der Waals surface area contributed by atoms with E-state index < -0.39 is 0 Å². The summed E-state index contributed by atoms with van der Waals surface area (Å²) < 4.78 is 0. The van der Waals surface area contributed by atoms with E-state index in [1.54, 1.807) is 0 Å². The summed E-state index contributed by atoms with van der Waals surface area (Å²) in [7, 11) is 0. The van der Waals surface area contributed by atoms with E-state index in [0.717, 1.165) is 24.2 Å². The van der Waals surface area contributed by atoms with E-state index in [9.17, 15) is 0 Å². The zero-order chi connectivity index (χ0) is 11.4. The Balaban J connectivity index is 2.93. The predicted molar refractivity (Wildman–Crippen MR) is 65.8 cm³/mol. The van der Waals surface area contributed by atoms with Crippen LogP contribution >= 0.6 is 0 Å². The van der Waals surface area contributed by atoms with Crippen molar-refractivity contribution in [3.63, 3.8) is 0 Å². The normalized spacial score (nSPS) is 10.7. The third kappa shape index (κ3) is 2.75. The quantitative estimate of drug-likeness (QED) is 0.708. The molecule has 0 aromatic carbocycles. The third-order valence-corrected chi connectivity index (χ3v) is 2.56. The van der Waals surface area contributed by atoms with Crippen molar-refractivity contribution in [2.45, 2.75) is 39.7 Å². The van der Waals surface area contributed by atoms with Gasteiger partial charge in [-0.3, -0.25) is 0 Å². The number of aromatic nitrogens is 1. The lowest BCUT2D eigenvalue weighted by atomic mass is 10.1. The summed E-state index contributed by atoms with van der Waals surface area (Å²) in [5.41, 5.74) is 13.9. The van der Waals surface area contributed by atoms with Crippen LogP contribution in [0, 0.1) is 6.92 Å². The second-order valence-corrected chi connectivity index (χ2v) is 3.77. The van der Waals surface area contributed by atoms with Crippen molar-refractivity contribution >= 4 is 17.2 Å². The van der Waals surface area contributed by atoms with Crippen LogP contribution in [0.1, 0.15) is 32.4 Å². The average molecular weight is 208 g/mol. The van der Waals surface area contributed by atoms with Crippen LogP contribution in [0.3, 0.4) is 0 Å². The van der Waals surface area contributed by atoms with Gasteiger partial charge in [-0.15, -0.1) is 0 Å². The first-order valence-corrected chi connectivity index (χ1v) is 5.37. The topological polar surface area (TPSA) is 77.0 Å². The molecule has 1 heterocycles. The Morgan fingerprint density at radius 3 is 2.47 bits per heavy atom. The first-order valence-electron chi connectivity index (χ1n) is 5.37. The zero-order valence-corrected chi connectivity index (χ0v) is 9.67. The monoisotopic (exact) mass is 208 g/mol. The Morgan fingerprint density at radius 1 is 1.33 bits per heavy atom. The second kappa shape index (κ2) is 4.87. The first-order chi connectivity index (χ1) is 7.08. The highest BCUT2D eigenvalue weighted by Gasteiger charge is 2.09. The highest BCUT2D eigenvalue weighted by atomic mass is 15.0. The predicted octanol–water partition coefficient (Wildman–Crippen LogP) is 2.15. The summed E-state index contributed by atoms with van der Waals surface area (Å²) >= 11 is 0. The van der Waals surface area contributed by atoms with Gasteiger partial charge >= 0.3 is 0 Å². The van der Waals surface area contributed by atoms with Gasteiger partial charge < -0.3 is 16.8 Å². The lowest BCUT2D eigenvalue weighted by Gasteiger charge is -2.18. The lowest BCUT2D eigenvalue weighted by molar-refractivity contribution is 0.672. The second-order valence-electron chi connectivity index (χ2n) is 3.77. The lowest BCUT2D eigenvalue weighted by Crippen LogP contribution is -2.18. The smallest absolute Gasteiger partial charge is 0.149 e. The standard InChI is InChI=1S/C11H20N4/c1-4-8(5-2)15-9-6-7(3)14-11(13)10(9)12/h6,8H,4-5,12H2,1-3H3,(H3,13,14,15). The summed E-state index contributed by atoms with van der Waals surface area (Å²) in [5, 5.41) is 3.38. The Kier molecular flexibility index (Phi) is 3.77. The van der Waals surface area contributed by atoms with Crippen molar-refractivity contribution in [2.24, 2.45) is 0 Å². The molecule has 4 heteroatoms. The molecular weight excluding hydrogens is 188 g/mol. The van der Waals surface area contributed by atoms with Crippen LogP contribution in [0.2, 0.25) is 0 Å². The van der Waals surface area contributed by atoms with Crippen molar-refractivity contribution in [1.29, 1.82) is 0 Å². The molecular formula is C11H20N4. The van der Waals surface area contributed by atoms with Crippen molar-refractivity contribution in [3.05, 3.63) is 11.8 Å². The van der Waals surface area contributed by atoms with Crippen LogP contribution in [-0.2, 0) is 0 Å². The fraction of sp³-hybridized carbons (Fsp3) is 0.545. The number of nitrogens with one attached hydrogen (secondary N) is 1. The fourth-order valence-electron chi connectivity index (χ4n) is 1.54. The number of rotatable bonds is 4. The number of nitrogens with zero attached hydrogens (tertiary/aromatic N) is 1. The molecule has 0 aliphatic carbocycles. The van der Waals surface area contributed by atoms with E-state index in [-0.39, 0.29) is 0 Å². The van der Waals surface area contributed by atoms with Gasteiger partial charge in [-0.25, -0.2) is 4.98 Å². The maximum absolute atomic E-state index is 5.86. The van der Waals surface area contributed by atoms with E-state index in [1.807, 2.05) is 13.0 Å². The molecule has 1 aromatic heterocycles. The molecule has 15 heavy (non-hydrogen) atoms. The summed E-state index contributed by atoms with van der Waals surface area (Å²) in [6, 6.07) is 2.37. The van der Waals surface area contributed by atoms with Gasteiger partial charge in [-0.1, -0.05) is 13.8 Å². The van der Waals surface area contributed by atoms with Crippen LogP contribution in [0.15, 0.2) is 6.07 Å². The van der Waals surface area contributed by atoms with Gasteiger partial charge in [0.15, 0.2) is 0 Å². The fourth-order valence-corrected chi connectivity index (χ4v) is 1.54. The molecule has 0 aliphatic rings. The third-order valence-electron chi connectivity index (χ3n) is 2.56. The van der Waals surface area contributed by atoms with Crippen molar-refractivity contribution in [2.75, 3.05) is 16.8 Å². The van der Waals surface area contributed by atoms with Gasteiger partial charge in [0.25, 0.3) is 0 Å². The minimum absolute atomic E-state index is 0.406. The van der Waals surface area contributed by atoms with Crippen LogP contribution in [0.4, 0.5) is 17.2 Å². The summed E-state index contributed by atoms with van der Waals surface area (Å²) in [5.74, 6) is 0.406. The van der Waals surface area contributed by atoms with Gasteiger partial charge in [0.2, 0.25) is 0 Å². The molecule has 4 nitrogen and oxygen atoms in total. The minimum Gasteiger partial charge on any atom is -0.394 e. The molecule has 1 aromatic rings. The molecule has 0 amide bonds. The van der Waals surface area contributed by atoms with Crippen molar-refractivity contribution in [3.8, 4) is 0 Å². The minimum atomic E-state index is 0.406. The number of pyridine rings is 1. The molecule has 0 radical (unpaired) electrons. The number of nitrogen functional groups attached to an aromatic ring is 2. The highest BCUT2D eigenvalue weighted by Crippen LogP contribution is 2.25. The maximum Gasteiger partial charge on any atom is 0.149 e. The number of hydrogen-bond acceptors (Lipinski definition) is 4. The van der Waals surface area contributed by atoms with Gasteiger partial charge in [0, 0.05) is 11.7 Å². The SMILES string of the molecule is CCC(CC)Nc1cc(C)nc(N)c1N. The van der Waals surface area contributed by atoms with Crippen LogP contribution < -0.4 is 16.8 Å². The molecule has 5 N–H and O–H groups in total. The van der Waals surface area contributed by atoms with E-state index in [2.05, 4.69) is 24.1 Å². The summed E-state index contributed by atoms with van der Waals surface area (Å²) in [4.78, 5) is 4.11. The van der Waals surface area contributed by atoms with Gasteiger partial charge in [0.05, 0.1) is 11.4 Å². The van der Waals surface area contributed by atoms with Crippen molar-refractivity contribution in [1.82, 2.24) is 4.98 Å². The summed E-state index contributed by atoms with van der Waals surface area (Å²) in [6.07, 6.45) is 2.13. The van der Waals surface area contributed by atoms with Gasteiger partial charge in [-0.2, -0.15) is 0 Å². The maximum atomic E-state index is 5.86.